The number of primary amides is 1. The van der Waals surface area contributed by atoms with Gasteiger partial charge >= 0.3 is 0 Å². The molecule has 0 bridgehead atoms. The van der Waals surface area contributed by atoms with Crippen LogP contribution in [-0.4, -0.2) is 40.2 Å². The molecule has 4 rings (SSSR count). The van der Waals surface area contributed by atoms with Crippen LogP contribution >= 0.6 is 0 Å². The summed E-state index contributed by atoms with van der Waals surface area (Å²) in [4.78, 5) is 20.6. The van der Waals surface area contributed by atoms with Crippen molar-refractivity contribution in [3.05, 3.63) is 78.2 Å². The van der Waals surface area contributed by atoms with E-state index in [4.69, 9.17) is 10.5 Å². The van der Waals surface area contributed by atoms with E-state index >= 15 is 0 Å². The van der Waals surface area contributed by atoms with Crippen molar-refractivity contribution in [1.82, 2.24) is 20.2 Å². The maximum atomic E-state index is 12.3. The normalized spacial score (nSPS) is 11.1. The van der Waals surface area contributed by atoms with Gasteiger partial charge in [-0.05, 0) is 37.3 Å². The van der Waals surface area contributed by atoms with Gasteiger partial charge in [0.05, 0.1) is 11.4 Å². The zero-order valence-electron chi connectivity index (χ0n) is 18.7. The molecule has 12 heteroatoms. The number of H-pyrrole nitrogens is 1. The predicted molar refractivity (Wildman–Crippen MR) is 132 cm³/mol. The summed E-state index contributed by atoms with van der Waals surface area (Å²) in [6, 6.07) is 13.7. The minimum atomic E-state index is -3.56. The molecule has 0 saturated carbocycles. The number of carbonyl (C=O) groups excluding carboxylic acids is 1. The van der Waals surface area contributed by atoms with Crippen molar-refractivity contribution in [1.29, 1.82) is 0 Å². The largest absolute Gasteiger partial charge is 0.487 e. The lowest BCUT2D eigenvalue weighted by Crippen LogP contribution is -2.15. The molecule has 3 aromatic heterocycles. The molecule has 11 nitrogen and oxygen atoms in total. The molecule has 3 heterocycles. The second-order valence-electron chi connectivity index (χ2n) is 7.39. The van der Waals surface area contributed by atoms with Crippen LogP contribution in [0, 0.1) is 0 Å². The molecule has 0 radical (unpaired) electrons. The highest BCUT2D eigenvalue weighted by Crippen LogP contribution is 2.35. The maximum Gasteiger partial charge on any atom is 0.254 e. The standard InChI is InChI=1S/C23H23N7O4S/c1-2-35(32,33)30-17-9-8-16(12-18(17)34-14-15-6-5-10-25-13-15)21-20(22(24)31)23(29-28-21)27-19-7-3-4-11-26-19/h3-13,30H,2,14H2,1H3,(H2,24,31)(H2,26,27,28,29). The molecule has 0 fully saturated rings. The summed E-state index contributed by atoms with van der Waals surface area (Å²) in [7, 11) is -3.56. The first-order valence-electron chi connectivity index (χ1n) is 10.6. The summed E-state index contributed by atoms with van der Waals surface area (Å²) in [5, 5.41) is 10.0. The van der Waals surface area contributed by atoms with Crippen LogP contribution in [0.15, 0.2) is 67.1 Å². The van der Waals surface area contributed by atoms with Gasteiger partial charge in [-0.3, -0.25) is 19.6 Å². The van der Waals surface area contributed by atoms with Gasteiger partial charge in [0.1, 0.15) is 35.2 Å². The molecule has 0 atom stereocenters. The van der Waals surface area contributed by atoms with Crippen LogP contribution in [0.4, 0.5) is 17.3 Å². The van der Waals surface area contributed by atoms with E-state index in [-0.39, 0.29) is 40.9 Å². The third-order valence-electron chi connectivity index (χ3n) is 4.95. The Morgan fingerprint density at radius 3 is 2.69 bits per heavy atom. The number of rotatable bonds is 10. The number of nitrogens with one attached hydrogen (secondary N) is 3. The third kappa shape index (κ3) is 5.73. The van der Waals surface area contributed by atoms with Crippen LogP contribution in [0.25, 0.3) is 11.3 Å². The second kappa shape index (κ2) is 10.2. The van der Waals surface area contributed by atoms with Crippen LogP contribution in [0.2, 0.25) is 0 Å². The lowest BCUT2D eigenvalue weighted by molar-refractivity contribution is 0.100. The summed E-state index contributed by atoms with van der Waals surface area (Å²) >= 11 is 0. The highest BCUT2D eigenvalue weighted by Gasteiger charge is 2.22. The maximum absolute atomic E-state index is 12.3. The fourth-order valence-corrected chi connectivity index (χ4v) is 3.85. The Morgan fingerprint density at radius 1 is 1.14 bits per heavy atom. The van der Waals surface area contributed by atoms with Crippen molar-refractivity contribution >= 4 is 33.3 Å². The number of aromatic amines is 1. The first-order valence-corrected chi connectivity index (χ1v) is 12.2. The van der Waals surface area contributed by atoms with Gasteiger partial charge in [-0.15, -0.1) is 0 Å². The number of carbonyl (C=O) groups is 1. The van der Waals surface area contributed by atoms with Crippen molar-refractivity contribution in [3.63, 3.8) is 0 Å². The quantitative estimate of drug-likeness (QED) is 0.262. The lowest BCUT2D eigenvalue weighted by atomic mass is 10.1. The molecular formula is C23H23N7O4S. The smallest absolute Gasteiger partial charge is 0.254 e. The molecule has 4 aromatic rings. The van der Waals surface area contributed by atoms with Gasteiger partial charge in [0.25, 0.3) is 5.91 Å². The minimum Gasteiger partial charge on any atom is -0.487 e. The SMILES string of the molecule is CCS(=O)(=O)Nc1ccc(-c2n[nH]c(Nc3ccccn3)c2C(N)=O)cc1OCc1cccnc1. The molecule has 0 spiro atoms. The molecule has 1 aromatic carbocycles. The van der Waals surface area contributed by atoms with Gasteiger partial charge < -0.3 is 15.8 Å². The topological polar surface area (TPSA) is 165 Å². The van der Waals surface area contributed by atoms with Crippen molar-refractivity contribution in [2.45, 2.75) is 13.5 Å². The highest BCUT2D eigenvalue weighted by molar-refractivity contribution is 7.92. The van der Waals surface area contributed by atoms with Crippen molar-refractivity contribution < 1.29 is 17.9 Å². The van der Waals surface area contributed by atoms with E-state index in [9.17, 15) is 13.2 Å². The van der Waals surface area contributed by atoms with Crippen LogP contribution in [0.3, 0.4) is 0 Å². The Kier molecular flexibility index (Phi) is 6.92. The number of hydrogen-bond acceptors (Lipinski definition) is 8. The second-order valence-corrected chi connectivity index (χ2v) is 9.40. The summed E-state index contributed by atoms with van der Waals surface area (Å²) < 4.78 is 32.9. The zero-order valence-corrected chi connectivity index (χ0v) is 19.5. The predicted octanol–water partition coefficient (Wildman–Crippen LogP) is 3.05. The third-order valence-corrected chi connectivity index (χ3v) is 6.24. The van der Waals surface area contributed by atoms with Crippen LogP contribution in [0.5, 0.6) is 5.75 Å². The van der Waals surface area contributed by atoms with E-state index in [1.54, 1.807) is 61.1 Å². The first-order chi connectivity index (χ1) is 16.9. The molecular weight excluding hydrogens is 470 g/mol. The summed E-state index contributed by atoms with van der Waals surface area (Å²) in [6.07, 6.45) is 4.89. The van der Waals surface area contributed by atoms with Gasteiger partial charge in [-0.2, -0.15) is 5.10 Å². The number of aromatic nitrogens is 4. The molecule has 0 aliphatic carbocycles. The van der Waals surface area contributed by atoms with Gasteiger partial charge in [-0.25, -0.2) is 13.4 Å². The van der Waals surface area contributed by atoms with Crippen LogP contribution < -0.4 is 20.5 Å². The van der Waals surface area contributed by atoms with Crippen LogP contribution in [0.1, 0.15) is 22.8 Å². The van der Waals surface area contributed by atoms with Crippen molar-refractivity contribution in [2.24, 2.45) is 5.73 Å². The number of benzene rings is 1. The Hall–Kier alpha value is -4.45. The van der Waals surface area contributed by atoms with Gasteiger partial charge in [0.2, 0.25) is 10.0 Å². The number of amides is 1. The van der Waals surface area contributed by atoms with E-state index in [1.165, 1.54) is 6.92 Å². The van der Waals surface area contributed by atoms with Gasteiger partial charge in [-0.1, -0.05) is 18.2 Å². The molecule has 0 unspecified atom stereocenters. The minimum absolute atomic E-state index is 0.107. The summed E-state index contributed by atoms with van der Waals surface area (Å²) in [5.74, 6) is 0.210. The molecule has 35 heavy (non-hydrogen) atoms. The van der Waals surface area contributed by atoms with E-state index in [2.05, 4.69) is 30.2 Å². The first kappa shape index (κ1) is 23.7. The molecule has 0 aliphatic rings. The van der Waals surface area contributed by atoms with Crippen LogP contribution in [-0.2, 0) is 16.6 Å². The Bertz CT molecular complexity index is 1430. The summed E-state index contributed by atoms with van der Waals surface area (Å²) in [5.41, 5.74) is 7.59. The Labute approximate surface area is 201 Å². The average Bonchev–Trinajstić information content (AvgIpc) is 3.28. The number of anilines is 3. The molecule has 180 valence electrons. The molecule has 0 aliphatic heterocycles. The highest BCUT2D eigenvalue weighted by atomic mass is 32.2. The number of nitrogens with two attached hydrogens (primary N) is 1. The monoisotopic (exact) mass is 493 g/mol. The van der Waals surface area contributed by atoms with E-state index < -0.39 is 15.9 Å². The van der Waals surface area contributed by atoms with Crippen molar-refractivity contribution in [3.8, 4) is 17.0 Å². The molecule has 0 saturated heterocycles. The van der Waals surface area contributed by atoms with Gasteiger partial charge in [0, 0.05) is 29.7 Å². The van der Waals surface area contributed by atoms with E-state index in [0.29, 0.717) is 11.4 Å². The fourth-order valence-electron chi connectivity index (χ4n) is 3.20. The van der Waals surface area contributed by atoms with E-state index in [1.807, 2.05) is 6.07 Å². The lowest BCUT2D eigenvalue weighted by Gasteiger charge is -2.14. The molecule has 1 amide bonds. The van der Waals surface area contributed by atoms with E-state index in [0.717, 1.165) is 5.56 Å². The summed E-state index contributed by atoms with van der Waals surface area (Å²) in [6.45, 7) is 1.68. The molecule has 5 N–H and O–H groups in total. The number of hydrogen-bond donors (Lipinski definition) is 4. The van der Waals surface area contributed by atoms with Crippen molar-refractivity contribution in [2.75, 3.05) is 15.8 Å². The average molecular weight is 494 g/mol. The number of nitrogens with zero attached hydrogens (tertiary/aromatic N) is 3. The number of sulfonamides is 1. The zero-order chi connectivity index (χ0) is 24.8. The Balaban J connectivity index is 1.72. The number of pyridine rings is 2. The van der Waals surface area contributed by atoms with Gasteiger partial charge in [0.15, 0.2) is 0 Å². The number of ether oxygens (including phenoxy) is 1. The fraction of sp³-hybridized carbons (Fsp3) is 0.130. The Morgan fingerprint density at radius 2 is 2.00 bits per heavy atom.